The second kappa shape index (κ2) is 4.61. The van der Waals surface area contributed by atoms with Crippen LogP contribution in [0.15, 0.2) is 45.6 Å². The molecule has 0 amide bonds. The highest BCUT2D eigenvalue weighted by Crippen LogP contribution is 2.19. The van der Waals surface area contributed by atoms with Crippen LogP contribution in [0.1, 0.15) is 6.92 Å². The second-order valence-electron chi connectivity index (χ2n) is 3.28. The lowest BCUT2D eigenvalue weighted by molar-refractivity contribution is -0.133. The first kappa shape index (κ1) is 11.1. The van der Waals surface area contributed by atoms with Gasteiger partial charge >= 0.3 is 5.97 Å². The van der Waals surface area contributed by atoms with Crippen LogP contribution in [0, 0.1) is 0 Å². The van der Waals surface area contributed by atoms with Crippen LogP contribution in [0.3, 0.4) is 0 Å². The SMILES string of the molecule is CC(=O)Oc1cc(=O)nc(-c2ccccc2)o1. The van der Waals surface area contributed by atoms with Gasteiger partial charge in [0.1, 0.15) is 0 Å². The molecule has 0 fully saturated rings. The average Bonchev–Trinajstić information content (AvgIpc) is 2.28. The fourth-order valence-corrected chi connectivity index (χ4v) is 1.28. The van der Waals surface area contributed by atoms with Crippen molar-refractivity contribution in [1.82, 2.24) is 4.98 Å². The normalized spacial score (nSPS) is 9.94. The Morgan fingerprint density at radius 1 is 1.29 bits per heavy atom. The van der Waals surface area contributed by atoms with Crippen LogP contribution in [0.25, 0.3) is 11.5 Å². The molecule has 0 saturated heterocycles. The van der Waals surface area contributed by atoms with Crippen LogP contribution >= 0.6 is 0 Å². The summed E-state index contributed by atoms with van der Waals surface area (Å²) in [6, 6.07) is 9.90. The second-order valence-corrected chi connectivity index (χ2v) is 3.28. The summed E-state index contributed by atoms with van der Waals surface area (Å²) in [5.74, 6) is -0.593. The zero-order chi connectivity index (χ0) is 12.3. The number of hydrogen-bond donors (Lipinski definition) is 0. The quantitative estimate of drug-likeness (QED) is 0.734. The molecule has 0 bridgehead atoms. The Morgan fingerprint density at radius 2 is 2.00 bits per heavy atom. The molecule has 1 aromatic heterocycles. The highest BCUT2D eigenvalue weighted by molar-refractivity contribution is 5.68. The first-order valence-electron chi connectivity index (χ1n) is 4.91. The highest BCUT2D eigenvalue weighted by Gasteiger charge is 2.08. The Morgan fingerprint density at radius 3 is 2.65 bits per heavy atom. The van der Waals surface area contributed by atoms with E-state index in [0.717, 1.165) is 6.07 Å². The molecule has 0 N–H and O–H groups in total. The third-order valence-corrected chi connectivity index (χ3v) is 1.92. The Hall–Kier alpha value is -2.43. The first-order valence-corrected chi connectivity index (χ1v) is 4.91. The molecule has 0 unspecified atom stereocenters. The van der Waals surface area contributed by atoms with E-state index >= 15 is 0 Å². The first-order chi connectivity index (χ1) is 8.15. The van der Waals surface area contributed by atoms with E-state index in [0.29, 0.717) is 5.56 Å². The van der Waals surface area contributed by atoms with E-state index in [-0.39, 0.29) is 11.8 Å². The van der Waals surface area contributed by atoms with Gasteiger partial charge in [-0.2, -0.15) is 4.98 Å². The smallest absolute Gasteiger partial charge is 0.310 e. The molecule has 1 heterocycles. The number of ether oxygens (including phenoxy) is 1. The van der Waals surface area contributed by atoms with Gasteiger partial charge in [-0.15, -0.1) is 0 Å². The van der Waals surface area contributed by atoms with Crippen LogP contribution in [0.5, 0.6) is 5.95 Å². The standard InChI is InChI=1S/C12H9NO4/c1-8(14)16-11-7-10(15)13-12(17-11)9-5-3-2-4-6-9/h2-7H,1H3. The summed E-state index contributed by atoms with van der Waals surface area (Å²) in [5.41, 5.74) is 0.116. The van der Waals surface area contributed by atoms with Crippen LogP contribution in [0.2, 0.25) is 0 Å². The maximum absolute atomic E-state index is 11.3. The minimum Gasteiger partial charge on any atom is -0.406 e. The van der Waals surface area contributed by atoms with Crippen molar-refractivity contribution in [2.24, 2.45) is 0 Å². The molecule has 2 rings (SSSR count). The van der Waals surface area contributed by atoms with Gasteiger partial charge < -0.3 is 9.15 Å². The van der Waals surface area contributed by atoms with Crippen LogP contribution in [-0.2, 0) is 4.79 Å². The fourth-order valence-electron chi connectivity index (χ4n) is 1.28. The van der Waals surface area contributed by atoms with E-state index in [1.54, 1.807) is 24.3 Å². The van der Waals surface area contributed by atoms with Crippen molar-refractivity contribution in [1.29, 1.82) is 0 Å². The predicted molar refractivity (Wildman–Crippen MR) is 59.5 cm³/mol. The molecule has 1 aromatic carbocycles. The van der Waals surface area contributed by atoms with Crippen molar-refractivity contribution >= 4 is 5.97 Å². The number of carbonyl (C=O) groups excluding carboxylic acids is 1. The number of rotatable bonds is 2. The summed E-state index contributed by atoms with van der Waals surface area (Å²) >= 11 is 0. The van der Waals surface area contributed by atoms with Gasteiger partial charge in [-0.1, -0.05) is 18.2 Å². The molecule has 0 spiro atoms. The molecule has 17 heavy (non-hydrogen) atoms. The molecule has 0 aliphatic rings. The van der Waals surface area contributed by atoms with Crippen molar-refractivity contribution in [3.63, 3.8) is 0 Å². The number of aromatic nitrogens is 1. The summed E-state index contributed by atoms with van der Waals surface area (Å²) in [4.78, 5) is 25.8. The van der Waals surface area contributed by atoms with E-state index in [1.807, 2.05) is 6.07 Å². The Bertz CT molecular complexity index is 589. The number of esters is 1. The van der Waals surface area contributed by atoms with E-state index in [1.165, 1.54) is 6.92 Å². The number of hydrogen-bond acceptors (Lipinski definition) is 5. The van der Waals surface area contributed by atoms with Crippen molar-refractivity contribution in [2.45, 2.75) is 6.92 Å². The van der Waals surface area contributed by atoms with Gasteiger partial charge in [-0.05, 0) is 12.1 Å². The van der Waals surface area contributed by atoms with Crippen molar-refractivity contribution in [3.8, 4) is 17.4 Å². The third-order valence-electron chi connectivity index (χ3n) is 1.92. The Kier molecular flexibility index (Phi) is 3.00. The van der Waals surface area contributed by atoms with Crippen LogP contribution in [0.4, 0.5) is 0 Å². The molecular formula is C12H9NO4. The molecule has 86 valence electrons. The van der Waals surface area contributed by atoms with Gasteiger partial charge in [0, 0.05) is 12.5 Å². The van der Waals surface area contributed by atoms with Crippen molar-refractivity contribution < 1.29 is 13.9 Å². The Balaban J connectivity index is 2.45. The monoisotopic (exact) mass is 231 g/mol. The van der Waals surface area contributed by atoms with Gasteiger partial charge in [-0.25, -0.2) is 0 Å². The lowest BCUT2D eigenvalue weighted by Crippen LogP contribution is -2.09. The van der Waals surface area contributed by atoms with Gasteiger partial charge in [0.15, 0.2) is 0 Å². The molecule has 0 aliphatic heterocycles. The molecule has 0 atom stereocenters. The topological polar surface area (TPSA) is 69.4 Å². The van der Waals surface area contributed by atoms with Crippen LogP contribution < -0.4 is 10.3 Å². The zero-order valence-corrected chi connectivity index (χ0v) is 9.04. The zero-order valence-electron chi connectivity index (χ0n) is 9.04. The molecule has 0 saturated carbocycles. The molecule has 2 aromatic rings. The van der Waals surface area contributed by atoms with Crippen molar-refractivity contribution in [3.05, 3.63) is 46.8 Å². The minimum absolute atomic E-state index is 0.120. The highest BCUT2D eigenvalue weighted by atomic mass is 16.6. The summed E-state index contributed by atoms with van der Waals surface area (Å²) in [6.45, 7) is 1.22. The van der Waals surface area contributed by atoms with E-state index < -0.39 is 11.5 Å². The largest absolute Gasteiger partial charge is 0.406 e. The fraction of sp³-hybridized carbons (Fsp3) is 0.0833. The van der Waals surface area contributed by atoms with Gasteiger partial charge in [0.05, 0.1) is 6.07 Å². The number of nitrogens with zero attached hydrogens (tertiary/aromatic N) is 1. The average molecular weight is 231 g/mol. The Labute approximate surface area is 96.7 Å². The van der Waals surface area contributed by atoms with Crippen LogP contribution in [-0.4, -0.2) is 11.0 Å². The maximum Gasteiger partial charge on any atom is 0.310 e. The van der Waals surface area contributed by atoms with Crippen molar-refractivity contribution in [2.75, 3.05) is 0 Å². The lowest BCUT2D eigenvalue weighted by atomic mass is 10.2. The van der Waals surface area contributed by atoms with E-state index in [9.17, 15) is 9.59 Å². The molecule has 5 nitrogen and oxygen atoms in total. The molecule has 0 aliphatic carbocycles. The van der Waals surface area contributed by atoms with Gasteiger partial charge in [0.25, 0.3) is 11.5 Å². The summed E-state index contributed by atoms with van der Waals surface area (Å²) in [7, 11) is 0. The summed E-state index contributed by atoms with van der Waals surface area (Å²) < 4.78 is 9.91. The minimum atomic E-state index is -0.557. The van der Waals surface area contributed by atoms with Gasteiger partial charge in [-0.3, -0.25) is 9.59 Å². The summed E-state index contributed by atoms with van der Waals surface area (Å²) in [5, 5.41) is 0. The lowest BCUT2D eigenvalue weighted by Gasteiger charge is -2.02. The van der Waals surface area contributed by atoms with E-state index in [2.05, 4.69) is 4.98 Å². The number of benzene rings is 1. The summed E-state index contributed by atoms with van der Waals surface area (Å²) in [6.07, 6.45) is 0. The molecular weight excluding hydrogens is 222 g/mol. The third kappa shape index (κ3) is 2.78. The molecule has 5 heteroatoms. The number of carbonyl (C=O) groups is 1. The van der Waals surface area contributed by atoms with E-state index in [4.69, 9.17) is 9.15 Å². The van der Waals surface area contributed by atoms with Gasteiger partial charge in [0.2, 0.25) is 5.89 Å². The predicted octanol–water partition coefficient (Wildman–Crippen LogP) is 1.63. The molecule has 0 radical (unpaired) electrons. The maximum atomic E-state index is 11.3.